The summed E-state index contributed by atoms with van der Waals surface area (Å²) < 4.78 is 4.92. The number of carbonyl (C=O) groups excluding carboxylic acids is 1. The number of rotatable bonds is 4. The quantitative estimate of drug-likeness (QED) is 0.420. The maximum Gasteiger partial charge on any atom is 0.564 e. The van der Waals surface area contributed by atoms with Crippen LogP contribution in [0.3, 0.4) is 0 Å². The number of halogens is 1. The maximum absolute atomic E-state index is 11.1. The normalized spacial score (nSPS) is 13.6. The Kier molecular flexibility index (Phi) is 6.19. The van der Waals surface area contributed by atoms with E-state index in [0.29, 0.717) is 6.61 Å². The fourth-order valence-corrected chi connectivity index (χ4v) is 0.938. The lowest BCUT2D eigenvalue weighted by molar-refractivity contribution is -0.144. The molecule has 0 aromatic carbocycles. The molecule has 1 aliphatic heterocycles. The summed E-state index contributed by atoms with van der Waals surface area (Å²) in [6, 6.07) is 0. The molecule has 0 unspecified atom stereocenters. The first-order valence-corrected chi connectivity index (χ1v) is 4.32. The van der Waals surface area contributed by atoms with E-state index in [9.17, 15) is 4.79 Å². The van der Waals surface area contributed by atoms with E-state index in [0.717, 1.165) is 6.42 Å². The Labute approximate surface area is 95.3 Å². The highest BCUT2D eigenvalue weighted by Crippen LogP contribution is 2.07. The SMILES string of the molecule is CCCOC(=O)CN1[C+]N(C)C=C1.[Br-]. The first-order chi connectivity index (χ1) is 6.22. The van der Waals surface area contributed by atoms with Crippen molar-refractivity contribution in [3.63, 3.8) is 0 Å². The molecule has 14 heavy (non-hydrogen) atoms. The van der Waals surface area contributed by atoms with E-state index in [1.807, 2.05) is 20.2 Å². The molecule has 0 fully saturated rings. The highest BCUT2D eigenvalue weighted by Gasteiger charge is 2.29. The first-order valence-electron chi connectivity index (χ1n) is 4.32. The summed E-state index contributed by atoms with van der Waals surface area (Å²) in [6.45, 7) is 5.61. The van der Waals surface area contributed by atoms with Crippen LogP contribution in [0.1, 0.15) is 13.3 Å². The van der Waals surface area contributed by atoms with Gasteiger partial charge in [-0.2, -0.15) is 0 Å². The van der Waals surface area contributed by atoms with E-state index >= 15 is 0 Å². The fraction of sp³-hybridized carbons (Fsp3) is 0.556. The lowest BCUT2D eigenvalue weighted by atomic mass is 10.5. The second-order valence-electron chi connectivity index (χ2n) is 2.86. The van der Waals surface area contributed by atoms with E-state index in [1.165, 1.54) is 0 Å². The zero-order valence-corrected chi connectivity index (χ0v) is 9.95. The van der Waals surface area contributed by atoms with Crippen LogP contribution in [-0.4, -0.2) is 36.0 Å². The Morgan fingerprint density at radius 1 is 1.50 bits per heavy atom. The fourth-order valence-electron chi connectivity index (χ4n) is 0.938. The molecule has 1 rings (SSSR count). The summed E-state index contributed by atoms with van der Waals surface area (Å²) in [5.74, 6) is -0.214. The third-order valence-electron chi connectivity index (χ3n) is 1.52. The number of ether oxygens (including phenoxy) is 1. The Balaban J connectivity index is 0.00000169. The van der Waals surface area contributed by atoms with Crippen LogP contribution in [0.5, 0.6) is 0 Å². The number of hydrogen-bond donors (Lipinski definition) is 0. The van der Waals surface area contributed by atoms with Gasteiger partial charge in [0.15, 0.2) is 6.54 Å². The molecule has 1 heterocycles. The lowest BCUT2D eigenvalue weighted by Gasteiger charge is -2.03. The summed E-state index contributed by atoms with van der Waals surface area (Å²) >= 11 is 0. The van der Waals surface area contributed by atoms with E-state index in [-0.39, 0.29) is 29.5 Å². The second-order valence-corrected chi connectivity index (χ2v) is 2.86. The molecular weight excluding hydrogens is 248 g/mol. The molecule has 0 saturated carbocycles. The van der Waals surface area contributed by atoms with Crippen LogP contribution in [0.2, 0.25) is 0 Å². The predicted octanol–water partition coefficient (Wildman–Crippen LogP) is -2.34. The number of esters is 1. The van der Waals surface area contributed by atoms with Crippen molar-refractivity contribution >= 4 is 5.97 Å². The Bertz CT molecular complexity index is 209. The zero-order valence-electron chi connectivity index (χ0n) is 8.36. The average molecular weight is 262 g/mol. The maximum atomic E-state index is 11.1. The Morgan fingerprint density at radius 2 is 2.21 bits per heavy atom. The number of hydrogen-bond acceptors (Lipinski definition) is 4. The standard InChI is InChI=1S/C9H14N2O2.BrH/c1-3-6-13-9(12)7-11-5-4-10(2)8-11;/h4-5H,3,6-7H2,1-2H3;1H/q+1;/p-1. The van der Waals surface area contributed by atoms with Gasteiger partial charge in [-0.15, -0.1) is 9.80 Å². The minimum atomic E-state index is -0.214. The molecule has 0 spiro atoms. The van der Waals surface area contributed by atoms with Crippen LogP contribution >= 0.6 is 0 Å². The molecule has 1 aliphatic rings. The average Bonchev–Trinajstić information content (AvgIpc) is 2.48. The highest BCUT2D eigenvalue weighted by atomic mass is 79.9. The molecule has 0 aromatic rings. The van der Waals surface area contributed by atoms with Gasteiger partial charge in [0.2, 0.25) is 0 Å². The van der Waals surface area contributed by atoms with Crippen molar-refractivity contribution in [1.82, 2.24) is 9.80 Å². The van der Waals surface area contributed by atoms with Crippen molar-refractivity contribution in [3.8, 4) is 0 Å². The summed E-state index contributed by atoms with van der Waals surface area (Å²) in [5.41, 5.74) is 0. The van der Waals surface area contributed by atoms with Crippen molar-refractivity contribution in [2.75, 3.05) is 20.2 Å². The van der Waals surface area contributed by atoms with Crippen molar-refractivity contribution in [2.24, 2.45) is 0 Å². The monoisotopic (exact) mass is 261 g/mol. The van der Waals surface area contributed by atoms with E-state index in [1.54, 1.807) is 16.0 Å². The Hall–Kier alpha value is -0.840. The molecule has 1 radical (unpaired) electrons. The topological polar surface area (TPSA) is 32.8 Å². The molecular formula is C9H14BrN2O2. The van der Waals surface area contributed by atoms with Crippen LogP contribution in [0, 0.1) is 6.67 Å². The molecule has 4 nitrogen and oxygen atoms in total. The van der Waals surface area contributed by atoms with Gasteiger partial charge in [0.1, 0.15) is 0 Å². The van der Waals surface area contributed by atoms with Gasteiger partial charge in [-0.25, -0.2) is 4.79 Å². The molecule has 0 amide bonds. The highest BCUT2D eigenvalue weighted by molar-refractivity contribution is 5.72. The van der Waals surface area contributed by atoms with Crippen LogP contribution in [0.15, 0.2) is 12.4 Å². The third-order valence-corrected chi connectivity index (χ3v) is 1.52. The summed E-state index contributed by atoms with van der Waals surface area (Å²) in [7, 11) is 1.86. The van der Waals surface area contributed by atoms with Gasteiger partial charge >= 0.3 is 12.6 Å². The molecule has 0 bridgehead atoms. The van der Waals surface area contributed by atoms with Crippen molar-refractivity contribution in [3.05, 3.63) is 19.1 Å². The van der Waals surface area contributed by atoms with Crippen LogP contribution in [-0.2, 0) is 9.53 Å². The minimum Gasteiger partial charge on any atom is -1.00 e. The van der Waals surface area contributed by atoms with Gasteiger partial charge in [-0.3, -0.25) is 0 Å². The number of carbonyl (C=O) groups is 1. The smallest absolute Gasteiger partial charge is 0.564 e. The largest absolute Gasteiger partial charge is 1.00 e. The van der Waals surface area contributed by atoms with Crippen molar-refractivity contribution in [2.45, 2.75) is 13.3 Å². The van der Waals surface area contributed by atoms with Gasteiger partial charge in [0, 0.05) is 0 Å². The first kappa shape index (κ1) is 13.2. The van der Waals surface area contributed by atoms with Gasteiger partial charge in [-0.05, 0) is 6.42 Å². The summed E-state index contributed by atoms with van der Waals surface area (Å²) in [6.07, 6.45) is 4.47. The zero-order chi connectivity index (χ0) is 9.68. The molecule has 0 saturated heterocycles. The second kappa shape index (κ2) is 6.59. The van der Waals surface area contributed by atoms with Crippen molar-refractivity contribution in [1.29, 1.82) is 0 Å². The van der Waals surface area contributed by atoms with Gasteiger partial charge in [0.05, 0.1) is 26.1 Å². The van der Waals surface area contributed by atoms with Gasteiger partial charge in [0.25, 0.3) is 0 Å². The van der Waals surface area contributed by atoms with Crippen LogP contribution < -0.4 is 17.0 Å². The third kappa shape index (κ3) is 4.41. The molecule has 0 atom stereocenters. The van der Waals surface area contributed by atoms with E-state index in [2.05, 4.69) is 6.67 Å². The summed E-state index contributed by atoms with van der Waals surface area (Å²) in [4.78, 5) is 14.5. The van der Waals surface area contributed by atoms with Crippen LogP contribution in [0.25, 0.3) is 0 Å². The van der Waals surface area contributed by atoms with Gasteiger partial charge < -0.3 is 21.7 Å². The van der Waals surface area contributed by atoms with Gasteiger partial charge in [-0.1, -0.05) is 6.92 Å². The molecule has 0 N–H and O–H groups in total. The Morgan fingerprint density at radius 3 is 2.71 bits per heavy atom. The minimum absolute atomic E-state index is 0. The molecule has 79 valence electrons. The van der Waals surface area contributed by atoms with Crippen LogP contribution in [0.4, 0.5) is 0 Å². The van der Waals surface area contributed by atoms with Crippen molar-refractivity contribution < 1.29 is 26.5 Å². The van der Waals surface area contributed by atoms with E-state index < -0.39 is 0 Å². The summed E-state index contributed by atoms with van der Waals surface area (Å²) in [5, 5.41) is 0. The molecule has 5 heteroatoms. The molecule has 0 aliphatic carbocycles. The number of nitrogens with zero attached hydrogens (tertiary/aromatic N) is 2. The lowest BCUT2D eigenvalue weighted by Crippen LogP contribution is -3.00. The predicted molar refractivity (Wildman–Crippen MR) is 48.1 cm³/mol. The van der Waals surface area contributed by atoms with E-state index in [4.69, 9.17) is 4.74 Å². The molecule has 0 aromatic heterocycles.